The van der Waals surface area contributed by atoms with Gasteiger partial charge in [0.1, 0.15) is 18.1 Å². The first-order valence-electron chi connectivity index (χ1n) is 5.06. The Morgan fingerprint density at radius 2 is 2.39 bits per heavy atom. The fourth-order valence-electron chi connectivity index (χ4n) is 1.28. The SMILES string of the molecule is C=C/C(OCC(=C)C)=C1/NC(=O)N(SF)C1=NC. The maximum atomic E-state index is 12.6. The number of nitrogens with zero attached hydrogens (tertiary/aromatic N) is 2. The summed E-state index contributed by atoms with van der Waals surface area (Å²) < 4.78 is 18.9. The molecular formula is C11H14FN3O2S. The Morgan fingerprint density at radius 3 is 2.83 bits per heavy atom. The monoisotopic (exact) mass is 271 g/mol. The number of ether oxygens (including phenoxy) is 1. The van der Waals surface area contributed by atoms with Crippen molar-refractivity contribution >= 4 is 24.2 Å². The largest absolute Gasteiger partial charge is 0.487 e. The van der Waals surface area contributed by atoms with Gasteiger partial charge in [-0.1, -0.05) is 13.2 Å². The van der Waals surface area contributed by atoms with Gasteiger partial charge in [0.05, 0.1) is 0 Å². The lowest BCUT2D eigenvalue weighted by atomic mass is 10.3. The Balaban J connectivity index is 3.07. The van der Waals surface area contributed by atoms with E-state index in [9.17, 15) is 8.68 Å². The summed E-state index contributed by atoms with van der Waals surface area (Å²) in [5, 5.41) is 2.48. The zero-order valence-electron chi connectivity index (χ0n) is 10.2. The minimum Gasteiger partial charge on any atom is -0.487 e. The Labute approximate surface area is 110 Å². The van der Waals surface area contributed by atoms with Crippen LogP contribution in [0, 0.1) is 0 Å². The molecule has 1 heterocycles. The molecule has 0 aromatic carbocycles. The zero-order chi connectivity index (χ0) is 13.7. The van der Waals surface area contributed by atoms with Crippen LogP contribution in [-0.2, 0) is 4.74 Å². The number of carbonyl (C=O) groups excluding carboxylic acids is 1. The van der Waals surface area contributed by atoms with Gasteiger partial charge in [-0.3, -0.25) is 4.99 Å². The van der Waals surface area contributed by atoms with E-state index in [1.165, 1.54) is 13.1 Å². The second-order valence-corrected chi connectivity index (χ2v) is 4.03. The summed E-state index contributed by atoms with van der Waals surface area (Å²) in [6, 6.07) is -0.614. The lowest BCUT2D eigenvalue weighted by Crippen LogP contribution is -2.22. The molecule has 2 amide bonds. The van der Waals surface area contributed by atoms with Crippen molar-refractivity contribution in [2.45, 2.75) is 6.92 Å². The minimum absolute atomic E-state index is 0.157. The predicted molar refractivity (Wildman–Crippen MR) is 70.4 cm³/mol. The minimum atomic E-state index is -0.614. The molecule has 5 nitrogen and oxygen atoms in total. The van der Waals surface area contributed by atoms with Gasteiger partial charge < -0.3 is 10.1 Å². The molecule has 0 aliphatic carbocycles. The highest BCUT2D eigenvalue weighted by molar-refractivity contribution is 7.93. The number of rotatable bonds is 5. The molecule has 0 aromatic rings. The van der Waals surface area contributed by atoms with Crippen molar-refractivity contribution in [1.82, 2.24) is 9.62 Å². The van der Waals surface area contributed by atoms with Crippen molar-refractivity contribution in [3.63, 3.8) is 0 Å². The van der Waals surface area contributed by atoms with Gasteiger partial charge in [-0.15, -0.1) is 3.89 Å². The molecule has 0 saturated carbocycles. The molecule has 0 atom stereocenters. The van der Waals surface area contributed by atoms with Crippen LogP contribution in [0.5, 0.6) is 0 Å². The van der Waals surface area contributed by atoms with Crippen molar-refractivity contribution < 1.29 is 13.4 Å². The standard InChI is InChI=1S/C11H14FN3O2S/c1-5-8(17-6-7(2)3)9-10(13-4)15(18-12)11(16)14-9/h5H,1-2,6H2,3-4H3,(H,14,16)/b9-8-,13-10?. The van der Waals surface area contributed by atoms with Crippen molar-refractivity contribution in [2.75, 3.05) is 13.7 Å². The van der Waals surface area contributed by atoms with Crippen molar-refractivity contribution in [3.8, 4) is 0 Å². The van der Waals surface area contributed by atoms with E-state index in [2.05, 4.69) is 23.5 Å². The molecule has 7 heteroatoms. The fraction of sp³-hybridized carbons (Fsp3) is 0.273. The lowest BCUT2D eigenvalue weighted by Gasteiger charge is -2.10. The number of nitrogens with one attached hydrogen (secondary N) is 1. The van der Waals surface area contributed by atoms with E-state index in [-0.39, 0.29) is 24.8 Å². The van der Waals surface area contributed by atoms with E-state index in [0.29, 0.717) is 11.5 Å². The van der Waals surface area contributed by atoms with Gasteiger partial charge in [-0.05, 0) is 18.6 Å². The topological polar surface area (TPSA) is 53.9 Å². The molecular weight excluding hydrogens is 257 g/mol. The number of amides is 2. The second-order valence-electron chi connectivity index (χ2n) is 3.53. The first-order valence-corrected chi connectivity index (χ1v) is 5.73. The average Bonchev–Trinajstić information content (AvgIpc) is 2.65. The highest BCUT2D eigenvalue weighted by Crippen LogP contribution is 2.24. The summed E-state index contributed by atoms with van der Waals surface area (Å²) in [6.07, 6.45) is 1.43. The fourth-order valence-corrected chi connectivity index (χ4v) is 1.63. The number of hydrogen-bond acceptors (Lipinski definition) is 4. The molecule has 1 rings (SSSR count). The van der Waals surface area contributed by atoms with E-state index >= 15 is 0 Å². The van der Waals surface area contributed by atoms with Gasteiger partial charge >= 0.3 is 6.03 Å². The molecule has 1 aliphatic rings. The highest BCUT2D eigenvalue weighted by atomic mass is 32.2. The zero-order valence-corrected chi connectivity index (χ0v) is 11.0. The summed E-state index contributed by atoms with van der Waals surface area (Å²) in [7, 11) is 1.46. The van der Waals surface area contributed by atoms with Gasteiger partial charge in [-0.2, -0.15) is 4.31 Å². The van der Waals surface area contributed by atoms with Crippen LogP contribution in [0.4, 0.5) is 8.68 Å². The van der Waals surface area contributed by atoms with Crippen LogP contribution in [0.25, 0.3) is 0 Å². The van der Waals surface area contributed by atoms with Crippen molar-refractivity contribution in [3.05, 3.63) is 36.3 Å². The Morgan fingerprint density at radius 1 is 1.72 bits per heavy atom. The van der Waals surface area contributed by atoms with E-state index < -0.39 is 6.03 Å². The second kappa shape index (κ2) is 6.25. The van der Waals surface area contributed by atoms with Crippen LogP contribution in [0.15, 0.2) is 41.3 Å². The Bertz CT molecular complexity index is 446. The third-order valence-electron chi connectivity index (χ3n) is 2.02. The first-order chi connectivity index (χ1) is 8.54. The number of urea groups is 1. The number of aliphatic imine (C=N–C) groups is 1. The highest BCUT2D eigenvalue weighted by Gasteiger charge is 2.35. The number of hydrogen-bond donors (Lipinski definition) is 1. The summed E-state index contributed by atoms with van der Waals surface area (Å²) in [5.41, 5.74) is 1.11. The number of carbonyl (C=O) groups is 1. The van der Waals surface area contributed by atoms with Gasteiger partial charge in [0.25, 0.3) is 0 Å². The van der Waals surface area contributed by atoms with E-state index in [1.807, 2.05) is 0 Å². The van der Waals surface area contributed by atoms with Gasteiger partial charge in [0.15, 0.2) is 18.2 Å². The molecule has 1 fully saturated rings. The van der Waals surface area contributed by atoms with E-state index in [0.717, 1.165) is 9.88 Å². The maximum Gasteiger partial charge on any atom is 0.340 e. The van der Waals surface area contributed by atoms with Crippen LogP contribution in [0.2, 0.25) is 0 Å². The third kappa shape index (κ3) is 2.92. The quantitative estimate of drug-likeness (QED) is 0.475. The molecule has 0 spiro atoms. The van der Waals surface area contributed by atoms with E-state index in [1.54, 1.807) is 6.92 Å². The van der Waals surface area contributed by atoms with Gasteiger partial charge in [0.2, 0.25) is 0 Å². The Kier molecular flexibility index (Phi) is 4.96. The molecule has 0 aromatic heterocycles. The normalized spacial score (nSPS) is 19.8. The van der Waals surface area contributed by atoms with Crippen LogP contribution >= 0.6 is 12.3 Å². The third-order valence-corrected chi connectivity index (χ3v) is 2.50. The molecule has 0 radical (unpaired) electrons. The summed E-state index contributed by atoms with van der Waals surface area (Å²) in [4.78, 5) is 15.3. The summed E-state index contributed by atoms with van der Waals surface area (Å²) in [5.74, 6) is 0.479. The summed E-state index contributed by atoms with van der Waals surface area (Å²) >= 11 is -0.222. The number of halogens is 1. The smallest absolute Gasteiger partial charge is 0.340 e. The lowest BCUT2D eigenvalue weighted by molar-refractivity contribution is 0.238. The Hall–Kier alpha value is -1.76. The number of allylic oxidation sites excluding steroid dienone is 1. The van der Waals surface area contributed by atoms with Crippen molar-refractivity contribution in [1.29, 1.82) is 0 Å². The van der Waals surface area contributed by atoms with E-state index in [4.69, 9.17) is 4.74 Å². The predicted octanol–water partition coefficient (Wildman–Crippen LogP) is 2.56. The molecule has 1 saturated heterocycles. The molecule has 98 valence electrons. The first kappa shape index (κ1) is 14.3. The van der Waals surface area contributed by atoms with Gasteiger partial charge in [-0.25, -0.2) is 4.79 Å². The van der Waals surface area contributed by atoms with Crippen LogP contribution < -0.4 is 5.32 Å². The summed E-state index contributed by atoms with van der Waals surface area (Å²) in [6.45, 7) is 9.37. The van der Waals surface area contributed by atoms with Crippen LogP contribution in [-0.4, -0.2) is 29.8 Å². The number of amidine groups is 1. The molecule has 1 N–H and O–H groups in total. The van der Waals surface area contributed by atoms with Crippen molar-refractivity contribution in [2.24, 2.45) is 4.99 Å². The average molecular weight is 271 g/mol. The molecule has 0 bridgehead atoms. The maximum absolute atomic E-state index is 12.6. The van der Waals surface area contributed by atoms with Crippen LogP contribution in [0.3, 0.4) is 0 Å². The molecule has 18 heavy (non-hydrogen) atoms. The van der Waals surface area contributed by atoms with Crippen LogP contribution in [0.1, 0.15) is 6.92 Å². The molecule has 0 unspecified atom stereocenters. The van der Waals surface area contributed by atoms with Gasteiger partial charge in [0, 0.05) is 7.05 Å². The molecule has 1 aliphatic heterocycles.